The third-order valence-electron chi connectivity index (χ3n) is 1.66. The minimum absolute atomic E-state index is 0.0285. The Morgan fingerprint density at radius 2 is 2.29 bits per heavy atom. The second-order valence-electron chi connectivity index (χ2n) is 2.48. The lowest BCUT2D eigenvalue weighted by Crippen LogP contribution is -1.93. The highest BCUT2D eigenvalue weighted by Crippen LogP contribution is 2.27. The van der Waals surface area contributed by atoms with E-state index in [-0.39, 0.29) is 11.4 Å². The van der Waals surface area contributed by atoms with Gasteiger partial charge in [-0.1, -0.05) is 15.9 Å². The van der Waals surface area contributed by atoms with E-state index in [1.807, 2.05) is 0 Å². The summed E-state index contributed by atoms with van der Waals surface area (Å²) in [5, 5.41) is 10.5. The molecule has 0 saturated heterocycles. The molecule has 0 aromatic heterocycles. The van der Waals surface area contributed by atoms with Crippen LogP contribution in [-0.4, -0.2) is 12.0 Å². The summed E-state index contributed by atoms with van der Waals surface area (Å²) in [7, 11) is 1.41. The quantitative estimate of drug-likeness (QED) is 0.618. The third kappa shape index (κ3) is 2.32. The molecule has 0 amide bonds. The normalized spacial score (nSPS) is 10.4. The predicted molar refractivity (Wildman–Crippen MR) is 57.6 cm³/mol. The van der Waals surface area contributed by atoms with Gasteiger partial charge in [0.2, 0.25) is 0 Å². The number of hydrogen-bond donors (Lipinski definition) is 0. The number of rotatable bonds is 3. The number of benzene rings is 1. The fraction of sp³-hybridized carbons (Fsp3) is 0.111. The Kier molecular flexibility index (Phi) is 3.64. The van der Waals surface area contributed by atoms with Gasteiger partial charge in [0.1, 0.15) is 0 Å². The molecule has 0 radical (unpaired) electrons. The Morgan fingerprint density at radius 3 is 2.79 bits per heavy atom. The van der Waals surface area contributed by atoms with Gasteiger partial charge in [0.05, 0.1) is 12.0 Å². The molecule has 0 spiro atoms. The maximum absolute atomic E-state index is 10.5. The van der Waals surface area contributed by atoms with E-state index in [9.17, 15) is 10.1 Å². The van der Waals surface area contributed by atoms with Crippen molar-refractivity contribution < 1.29 is 9.66 Å². The molecule has 1 aromatic carbocycles. The summed E-state index contributed by atoms with van der Waals surface area (Å²) in [6.45, 7) is 0. The lowest BCUT2D eigenvalue weighted by Gasteiger charge is -2.01. The van der Waals surface area contributed by atoms with Crippen LogP contribution in [0.4, 0.5) is 5.69 Å². The molecular formula is C9H8BrNO3. The van der Waals surface area contributed by atoms with Gasteiger partial charge in [0.25, 0.3) is 0 Å². The average molecular weight is 258 g/mol. The van der Waals surface area contributed by atoms with Gasteiger partial charge in [-0.25, -0.2) is 0 Å². The van der Waals surface area contributed by atoms with Crippen LogP contribution < -0.4 is 4.74 Å². The topological polar surface area (TPSA) is 52.4 Å². The summed E-state index contributed by atoms with van der Waals surface area (Å²) < 4.78 is 4.90. The molecule has 0 N–H and O–H groups in total. The molecule has 5 heteroatoms. The lowest BCUT2D eigenvalue weighted by atomic mass is 10.2. The summed E-state index contributed by atoms with van der Waals surface area (Å²) >= 11 is 3.12. The summed E-state index contributed by atoms with van der Waals surface area (Å²) in [6.07, 6.45) is 1.77. The number of hydrogen-bond acceptors (Lipinski definition) is 3. The van der Waals surface area contributed by atoms with Crippen LogP contribution in [0.1, 0.15) is 5.56 Å². The van der Waals surface area contributed by atoms with Crippen LogP contribution in [0.25, 0.3) is 6.08 Å². The molecule has 1 aromatic rings. The van der Waals surface area contributed by atoms with Gasteiger partial charge in [-0.15, -0.1) is 0 Å². The van der Waals surface area contributed by atoms with Crippen LogP contribution in [0.3, 0.4) is 0 Å². The molecule has 1 rings (SSSR count). The van der Waals surface area contributed by atoms with Gasteiger partial charge in [-0.3, -0.25) is 10.1 Å². The first-order valence-corrected chi connectivity index (χ1v) is 4.70. The zero-order valence-electron chi connectivity index (χ0n) is 7.44. The molecule has 14 heavy (non-hydrogen) atoms. The van der Waals surface area contributed by atoms with Crippen molar-refractivity contribution in [1.29, 1.82) is 0 Å². The Labute approximate surface area is 89.5 Å². The first-order chi connectivity index (χ1) is 6.69. The average Bonchev–Trinajstić information content (AvgIpc) is 2.17. The second-order valence-corrected chi connectivity index (χ2v) is 3.01. The second kappa shape index (κ2) is 4.76. The van der Waals surface area contributed by atoms with E-state index >= 15 is 0 Å². The predicted octanol–water partition coefficient (Wildman–Crippen LogP) is 2.97. The van der Waals surface area contributed by atoms with Crippen LogP contribution in [0.15, 0.2) is 23.2 Å². The number of methoxy groups -OCH3 is 1. The van der Waals surface area contributed by atoms with E-state index in [0.29, 0.717) is 0 Å². The maximum atomic E-state index is 10.5. The van der Waals surface area contributed by atoms with Gasteiger partial charge in [-0.05, 0) is 28.8 Å². The molecule has 0 unspecified atom stereocenters. The van der Waals surface area contributed by atoms with E-state index in [1.165, 1.54) is 13.2 Å². The molecular weight excluding hydrogens is 250 g/mol. The molecule has 0 fully saturated rings. The van der Waals surface area contributed by atoms with Crippen LogP contribution in [0.2, 0.25) is 0 Å². The van der Waals surface area contributed by atoms with Crippen molar-refractivity contribution in [2.45, 2.75) is 0 Å². The number of ether oxygens (including phenoxy) is 1. The van der Waals surface area contributed by atoms with Crippen LogP contribution in [0.5, 0.6) is 5.75 Å². The smallest absolute Gasteiger partial charge is 0.310 e. The highest BCUT2D eigenvalue weighted by atomic mass is 79.9. The third-order valence-corrected chi connectivity index (χ3v) is 1.92. The standard InChI is InChI=1S/C9H8BrNO3/c1-14-9-6-7(4-5-10)2-3-8(9)11(12)13/h2-6H,1H3/b5-4+. The largest absolute Gasteiger partial charge is 0.490 e. The van der Waals surface area contributed by atoms with E-state index in [4.69, 9.17) is 4.74 Å². The fourth-order valence-corrected chi connectivity index (χ4v) is 1.33. The van der Waals surface area contributed by atoms with Crippen molar-refractivity contribution in [2.75, 3.05) is 7.11 Å². The van der Waals surface area contributed by atoms with Gasteiger partial charge >= 0.3 is 5.69 Å². The van der Waals surface area contributed by atoms with Gasteiger partial charge < -0.3 is 4.74 Å². The lowest BCUT2D eigenvalue weighted by molar-refractivity contribution is -0.385. The van der Waals surface area contributed by atoms with Gasteiger partial charge in [0, 0.05) is 6.07 Å². The number of halogens is 1. The number of nitro groups is 1. The van der Waals surface area contributed by atoms with Crippen molar-refractivity contribution in [3.05, 3.63) is 38.9 Å². The minimum atomic E-state index is -0.472. The van der Waals surface area contributed by atoms with Crippen molar-refractivity contribution >= 4 is 27.7 Å². The Bertz CT molecular complexity index is 376. The highest BCUT2D eigenvalue weighted by Gasteiger charge is 2.13. The van der Waals surface area contributed by atoms with Crippen LogP contribution in [0, 0.1) is 10.1 Å². The highest BCUT2D eigenvalue weighted by molar-refractivity contribution is 9.11. The van der Waals surface area contributed by atoms with Crippen molar-refractivity contribution in [1.82, 2.24) is 0 Å². The van der Waals surface area contributed by atoms with Crippen LogP contribution in [-0.2, 0) is 0 Å². The number of nitrogens with zero attached hydrogens (tertiary/aromatic N) is 1. The Morgan fingerprint density at radius 1 is 1.57 bits per heavy atom. The number of nitro benzene ring substituents is 1. The van der Waals surface area contributed by atoms with Crippen molar-refractivity contribution in [2.24, 2.45) is 0 Å². The molecule has 74 valence electrons. The zero-order valence-corrected chi connectivity index (χ0v) is 9.02. The fourth-order valence-electron chi connectivity index (χ4n) is 1.02. The minimum Gasteiger partial charge on any atom is -0.490 e. The molecule has 0 heterocycles. The van der Waals surface area contributed by atoms with E-state index in [1.54, 1.807) is 23.2 Å². The van der Waals surface area contributed by atoms with Gasteiger partial charge in [0.15, 0.2) is 5.75 Å². The molecule has 0 aliphatic carbocycles. The van der Waals surface area contributed by atoms with Crippen LogP contribution >= 0.6 is 15.9 Å². The maximum Gasteiger partial charge on any atom is 0.310 e. The summed E-state index contributed by atoms with van der Waals surface area (Å²) in [4.78, 5) is 11.8. The molecule has 4 nitrogen and oxygen atoms in total. The SMILES string of the molecule is COc1cc(/C=C/Br)ccc1[N+](=O)[O-]. The van der Waals surface area contributed by atoms with E-state index in [0.717, 1.165) is 5.56 Å². The van der Waals surface area contributed by atoms with Gasteiger partial charge in [-0.2, -0.15) is 0 Å². The van der Waals surface area contributed by atoms with E-state index < -0.39 is 4.92 Å². The molecule has 0 aliphatic heterocycles. The summed E-state index contributed by atoms with van der Waals surface area (Å²) in [5.74, 6) is 0.262. The Balaban J connectivity index is 3.17. The van der Waals surface area contributed by atoms with E-state index in [2.05, 4.69) is 15.9 Å². The molecule has 0 aliphatic rings. The summed E-state index contributed by atoms with van der Waals surface area (Å²) in [5.41, 5.74) is 0.809. The zero-order chi connectivity index (χ0) is 10.6. The van der Waals surface area contributed by atoms with Crippen molar-refractivity contribution in [3.63, 3.8) is 0 Å². The Hall–Kier alpha value is -1.36. The molecule has 0 atom stereocenters. The first kappa shape index (κ1) is 10.7. The van der Waals surface area contributed by atoms with Crippen molar-refractivity contribution in [3.8, 4) is 5.75 Å². The first-order valence-electron chi connectivity index (χ1n) is 3.78. The molecule has 0 bridgehead atoms. The monoisotopic (exact) mass is 257 g/mol. The molecule has 0 saturated carbocycles. The summed E-state index contributed by atoms with van der Waals surface area (Å²) in [6, 6.07) is 4.68.